The number of benzene rings is 2. The van der Waals surface area contributed by atoms with Crippen LogP contribution in [-0.2, 0) is 26.1 Å². The molecule has 0 spiro atoms. The number of rotatable bonds is 12. The normalized spacial score (nSPS) is 11.5. The lowest BCUT2D eigenvalue weighted by atomic mass is 10.2. The Bertz CT molecular complexity index is 916. The summed E-state index contributed by atoms with van der Waals surface area (Å²) in [5.74, 6) is 0.256. The molecular weight excluding hydrogens is 404 g/mol. The summed E-state index contributed by atoms with van der Waals surface area (Å²) in [6.07, 6.45) is 0.669. The fourth-order valence-electron chi connectivity index (χ4n) is 2.94. The summed E-state index contributed by atoms with van der Waals surface area (Å²) in [7, 11) is -2.35. The highest BCUT2D eigenvalue weighted by molar-refractivity contribution is 7.89. The third kappa shape index (κ3) is 6.83. The van der Waals surface area contributed by atoms with E-state index in [1.807, 2.05) is 37.3 Å². The summed E-state index contributed by atoms with van der Waals surface area (Å²) in [5, 5.41) is 2.77. The molecule has 0 radical (unpaired) electrons. The molecule has 7 nitrogen and oxygen atoms in total. The van der Waals surface area contributed by atoms with E-state index in [0.717, 1.165) is 5.56 Å². The largest absolute Gasteiger partial charge is 0.496 e. The highest BCUT2D eigenvalue weighted by Gasteiger charge is 2.27. The maximum absolute atomic E-state index is 13.3. The van der Waals surface area contributed by atoms with Gasteiger partial charge in [0.15, 0.2) is 0 Å². The molecule has 2 aromatic carbocycles. The van der Waals surface area contributed by atoms with Crippen molar-refractivity contribution in [2.24, 2.45) is 0 Å². The van der Waals surface area contributed by atoms with Crippen LogP contribution in [0.15, 0.2) is 53.4 Å². The molecule has 2 rings (SSSR count). The van der Waals surface area contributed by atoms with Crippen molar-refractivity contribution in [3.8, 4) is 5.75 Å². The maximum Gasteiger partial charge on any atom is 0.243 e. The van der Waals surface area contributed by atoms with Crippen molar-refractivity contribution in [2.75, 3.05) is 33.4 Å². The number of carbonyl (C=O) groups is 1. The first-order valence-electron chi connectivity index (χ1n) is 9.91. The standard InChI is InChI=1S/C22H30N2O5S/c1-4-29-14-8-13-23-22(25)17-24(16-19-9-6-5-7-10-19)30(26,27)20-11-12-21(28-3)18(2)15-20/h5-7,9-12,15H,4,8,13-14,16-17H2,1-3H3,(H,23,25). The van der Waals surface area contributed by atoms with Crippen LogP contribution in [0.5, 0.6) is 5.75 Å². The Morgan fingerprint density at radius 1 is 1.13 bits per heavy atom. The minimum absolute atomic E-state index is 0.0978. The fourth-order valence-corrected chi connectivity index (χ4v) is 4.41. The molecule has 0 fully saturated rings. The quantitative estimate of drug-likeness (QED) is 0.519. The Kier molecular flexibility index (Phi) is 9.29. The number of nitrogens with zero attached hydrogens (tertiary/aromatic N) is 1. The molecule has 0 aliphatic carbocycles. The van der Waals surface area contributed by atoms with Crippen molar-refractivity contribution in [3.05, 3.63) is 59.7 Å². The molecule has 30 heavy (non-hydrogen) atoms. The van der Waals surface area contributed by atoms with E-state index in [2.05, 4.69) is 5.32 Å². The number of sulfonamides is 1. The van der Waals surface area contributed by atoms with Crippen LogP contribution in [0.1, 0.15) is 24.5 Å². The number of methoxy groups -OCH3 is 1. The lowest BCUT2D eigenvalue weighted by Crippen LogP contribution is -2.40. The van der Waals surface area contributed by atoms with E-state index in [-0.39, 0.29) is 23.9 Å². The molecule has 0 aromatic heterocycles. The summed E-state index contributed by atoms with van der Waals surface area (Å²) in [6.45, 7) is 5.12. The Labute approximate surface area is 179 Å². The van der Waals surface area contributed by atoms with Crippen molar-refractivity contribution in [3.63, 3.8) is 0 Å². The van der Waals surface area contributed by atoms with Crippen LogP contribution in [0.2, 0.25) is 0 Å². The van der Waals surface area contributed by atoms with E-state index < -0.39 is 10.0 Å². The molecule has 1 amide bonds. The van der Waals surface area contributed by atoms with Crippen LogP contribution in [-0.4, -0.2) is 52.0 Å². The third-order valence-electron chi connectivity index (χ3n) is 4.52. The molecule has 164 valence electrons. The monoisotopic (exact) mass is 434 g/mol. The maximum atomic E-state index is 13.3. The van der Waals surface area contributed by atoms with Gasteiger partial charge < -0.3 is 14.8 Å². The first-order valence-corrected chi connectivity index (χ1v) is 11.4. The minimum Gasteiger partial charge on any atom is -0.496 e. The number of ether oxygens (including phenoxy) is 2. The SMILES string of the molecule is CCOCCCNC(=O)CN(Cc1ccccc1)S(=O)(=O)c1ccc(OC)c(C)c1. The van der Waals surface area contributed by atoms with Crippen molar-refractivity contribution in [1.82, 2.24) is 9.62 Å². The van der Waals surface area contributed by atoms with E-state index in [0.29, 0.717) is 37.5 Å². The lowest BCUT2D eigenvalue weighted by molar-refractivity contribution is -0.121. The molecule has 0 aliphatic heterocycles. The topological polar surface area (TPSA) is 84.9 Å². The summed E-state index contributed by atoms with van der Waals surface area (Å²) in [4.78, 5) is 12.6. The van der Waals surface area contributed by atoms with Crippen LogP contribution < -0.4 is 10.1 Å². The minimum atomic E-state index is -3.89. The molecule has 0 bridgehead atoms. The van der Waals surface area contributed by atoms with Crippen LogP contribution in [0.25, 0.3) is 0 Å². The van der Waals surface area contributed by atoms with Gasteiger partial charge in [-0.05, 0) is 49.6 Å². The van der Waals surface area contributed by atoms with Crippen molar-refractivity contribution >= 4 is 15.9 Å². The summed E-state index contributed by atoms with van der Waals surface area (Å²) < 4.78 is 38.3. The van der Waals surface area contributed by atoms with Gasteiger partial charge in [-0.2, -0.15) is 4.31 Å². The van der Waals surface area contributed by atoms with Crippen molar-refractivity contribution in [2.45, 2.75) is 31.7 Å². The Hall–Kier alpha value is -2.42. The number of aryl methyl sites for hydroxylation is 1. The smallest absolute Gasteiger partial charge is 0.243 e. The molecular formula is C22H30N2O5S. The molecule has 8 heteroatoms. The molecule has 0 heterocycles. The Morgan fingerprint density at radius 2 is 1.87 bits per heavy atom. The molecule has 1 N–H and O–H groups in total. The van der Waals surface area contributed by atoms with Crippen LogP contribution in [0, 0.1) is 6.92 Å². The molecule has 0 saturated carbocycles. The lowest BCUT2D eigenvalue weighted by Gasteiger charge is -2.22. The van der Waals surface area contributed by atoms with Gasteiger partial charge >= 0.3 is 0 Å². The van der Waals surface area contributed by atoms with E-state index >= 15 is 0 Å². The highest BCUT2D eigenvalue weighted by Crippen LogP contribution is 2.24. The number of hydrogen-bond acceptors (Lipinski definition) is 5. The predicted molar refractivity (Wildman–Crippen MR) is 116 cm³/mol. The molecule has 0 atom stereocenters. The molecule has 0 aliphatic rings. The molecule has 0 unspecified atom stereocenters. The van der Waals surface area contributed by atoms with Crippen molar-refractivity contribution in [1.29, 1.82) is 0 Å². The van der Waals surface area contributed by atoms with Gasteiger partial charge in [-0.3, -0.25) is 4.79 Å². The first kappa shape index (κ1) is 23.9. The van der Waals surface area contributed by atoms with Gasteiger partial charge in [-0.1, -0.05) is 30.3 Å². The Morgan fingerprint density at radius 3 is 2.50 bits per heavy atom. The van der Waals surface area contributed by atoms with Crippen LogP contribution in [0.4, 0.5) is 0 Å². The van der Waals surface area contributed by atoms with Gasteiger partial charge in [0.2, 0.25) is 15.9 Å². The summed E-state index contributed by atoms with van der Waals surface area (Å²) in [5.41, 5.74) is 1.51. The van der Waals surface area contributed by atoms with E-state index in [1.54, 1.807) is 19.1 Å². The van der Waals surface area contributed by atoms with Gasteiger partial charge in [0.05, 0.1) is 18.6 Å². The zero-order chi connectivity index (χ0) is 22.0. The van der Waals surface area contributed by atoms with Gasteiger partial charge in [0.25, 0.3) is 0 Å². The number of carbonyl (C=O) groups excluding carboxylic acids is 1. The fraction of sp³-hybridized carbons (Fsp3) is 0.409. The van der Waals surface area contributed by atoms with Crippen LogP contribution >= 0.6 is 0 Å². The average Bonchev–Trinajstić information content (AvgIpc) is 2.73. The first-order chi connectivity index (χ1) is 14.4. The zero-order valence-electron chi connectivity index (χ0n) is 17.8. The average molecular weight is 435 g/mol. The third-order valence-corrected chi connectivity index (χ3v) is 6.31. The predicted octanol–water partition coefficient (Wildman–Crippen LogP) is 2.74. The number of hydrogen-bond donors (Lipinski definition) is 1. The summed E-state index contributed by atoms with van der Waals surface area (Å²) >= 11 is 0. The van der Waals surface area contributed by atoms with Crippen LogP contribution in [0.3, 0.4) is 0 Å². The summed E-state index contributed by atoms with van der Waals surface area (Å²) in [6, 6.07) is 13.9. The van der Waals surface area contributed by atoms with E-state index in [9.17, 15) is 13.2 Å². The second-order valence-electron chi connectivity index (χ2n) is 6.79. The van der Waals surface area contributed by atoms with E-state index in [1.165, 1.54) is 17.5 Å². The highest BCUT2D eigenvalue weighted by atomic mass is 32.2. The van der Waals surface area contributed by atoms with Gasteiger partial charge in [-0.15, -0.1) is 0 Å². The van der Waals surface area contributed by atoms with Gasteiger partial charge in [0, 0.05) is 26.3 Å². The second kappa shape index (κ2) is 11.7. The Balaban J connectivity index is 2.19. The number of nitrogens with one attached hydrogen (secondary N) is 1. The van der Waals surface area contributed by atoms with Crippen molar-refractivity contribution < 1.29 is 22.7 Å². The van der Waals surface area contributed by atoms with E-state index in [4.69, 9.17) is 9.47 Å². The number of amides is 1. The van der Waals surface area contributed by atoms with Gasteiger partial charge in [-0.25, -0.2) is 8.42 Å². The molecule has 0 saturated heterocycles. The zero-order valence-corrected chi connectivity index (χ0v) is 18.6. The van der Waals surface area contributed by atoms with Gasteiger partial charge in [0.1, 0.15) is 5.75 Å². The second-order valence-corrected chi connectivity index (χ2v) is 8.73. The molecule has 2 aromatic rings.